The Morgan fingerprint density at radius 2 is 0.654 bits per heavy atom. The molecule has 16 aromatic rings. The third kappa shape index (κ3) is 18.7. The minimum atomic E-state index is -0.312. The predicted octanol–water partition coefficient (Wildman–Crippen LogP) is 13.0. The van der Waals surface area contributed by atoms with Crippen molar-refractivity contribution in [3.05, 3.63) is 340 Å². The van der Waals surface area contributed by atoms with E-state index in [1.165, 1.54) is 40.5 Å². The molecule has 0 fully saturated rings. The van der Waals surface area contributed by atoms with E-state index in [1.54, 1.807) is 140 Å². The number of aromatic nitrogens is 9. The molecule has 4 aliphatic heterocycles. The van der Waals surface area contributed by atoms with Crippen LogP contribution in [-0.4, -0.2) is 181 Å². The molecular formula is C94H78BrClN14O17. The molecule has 7 aromatic heterocycles. The molecule has 8 amide bonds. The van der Waals surface area contributed by atoms with Gasteiger partial charge in [0.2, 0.25) is 0 Å². The van der Waals surface area contributed by atoms with Crippen molar-refractivity contribution in [2.75, 3.05) is 64.5 Å². The highest BCUT2D eigenvalue weighted by atomic mass is 79.9. The molecule has 33 heteroatoms. The molecule has 0 unspecified atom stereocenters. The molecule has 20 rings (SSSR count). The summed E-state index contributed by atoms with van der Waals surface area (Å²) in [7, 11) is 0. The first-order valence-corrected chi connectivity index (χ1v) is 41.8. The van der Waals surface area contributed by atoms with Crippen LogP contribution in [0.15, 0.2) is 268 Å². The Kier molecular flexibility index (Phi) is 26.8. The van der Waals surface area contributed by atoms with E-state index >= 15 is 0 Å². The van der Waals surface area contributed by atoms with Crippen molar-refractivity contribution < 1.29 is 62.4 Å². The fraction of sp³-hybridized carbons (Fsp3) is 0.160. The van der Waals surface area contributed by atoms with Crippen LogP contribution >= 0.6 is 27.5 Å². The van der Waals surface area contributed by atoms with Gasteiger partial charge in [0.15, 0.2) is 11.3 Å². The Morgan fingerprint density at radius 3 is 1.05 bits per heavy atom. The van der Waals surface area contributed by atoms with Gasteiger partial charge in [-0.3, -0.25) is 67.5 Å². The number of halogens is 2. The number of alkyl halides is 1. The zero-order chi connectivity index (χ0) is 88.8. The van der Waals surface area contributed by atoms with E-state index < -0.39 is 0 Å². The molecule has 0 spiro atoms. The van der Waals surface area contributed by atoms with Crippen molar-refractivity contribution >= 4 is 141 Å². The van der Waals surface area contributed by atoms with Gasteiger partial charge in [0.25, 0.3) is 58.4 Å². The first-order chi connectivity index (χ1) is 61.8. The number of ether oxygens (including phenoxy) is 4. The summed E-state index contributed by atoms with van der Waals surface area (Å²) in [5.41, 5.74) is 12.7. The van der Waals surface area contributed by atoms with E-state index in [4.69, 9.17) is 36.3 Å². The van der Waals surface area contributed by atoms with Crippen LogP contribution < -0.4 is 47.2 Å². The second kappa shape index (κ2) is 39.3. The molecule has 0 saturated heterocycles. The summed E-state index contributed by atoms with van der Waals surface area (Å²) in [6.07, 6.45) is 3.06. The number of benzene rings is 9. The Hall–Kier alpha value is -15.5. The van der Waals surface area contributed by atoms with Crippen LogP contribution in [0, 0.1) is 0 Å². The van der Waals surface area contributed by atoms with Crippen LogP contribution in [0.4, 0.5) is 0 Å². The van der Waals surface area contributed by atoms with Gasteiger partial charge in [-0.05, 0) is 148 Å². The van der Waals surface area contributed by atoms with Crippen molar-refractivity contribution in [1.82, 2.24) is 63.7 Å². The topological polar surface area (TPSA) is 412 Å². The molecule has 0 radical (unpaired) electrons. The number of nitrogens with one attached hydrogen (secondary N) is 4. The van der Waals surface area contributed by atoms with Crippen LogP contribution in [0.1, 0.15) is 115 Å². The van der Waals surface area contributed by atoms with E-state index in [2.05, 4.69) is 51.3 Å². The molecule has 0 bridgehead atoms. The number of hydrogen-bond acceptors (Lipinski definition) is 21. The fourth-order valence-corrected chi connectivity index (χ4v) is 15.3. The number of pyridine rings is 5. The number of hydrogen-bond donors (Lipinski definition) is 6. The third-order valence-corrected chi connectivity index (χ3v) is 21.6. The summed E-state index contributed by atoms with van der Waals surface area (Å²) in [5.74, 6) is 0.550. The maximum atomic E-state index is 12.4. The van der Waals surface area contributed by atoms with Gasteiger partial charge in [-0.1, -0.05) is 137 Å². The number of imide groups is 4. The summed E-state index contributed by atoms with van der Waals surface area (Å²) in [6.45, 7) is 3.43. The molecule has 4 aliphatic rings. The number of para-hydroxylation sites is 5. The van der Waals surface area contributed by atoms with Crippen molar-refractivity contribution in [1.29, 1.82) is 0 Å². The smallest absolute Gasteiger partial charge is 0.348 e. The first-order valence-electron chi connectivity index (χ1n) is 40.3. The molecule has 9 aromatic carbocycles. The first kappa shape index (κ1) is 86.4. The number of amides is 8. The number of nitrogens with two attached hydrogens (primary N) is 1. The lowest BCUT2D eigenvalue weighted by Gasteiger charge is -2.15. The van der Waals surface area contributed by atoms with Gasteiger partial charge in [0, 0.05) is 88.8 Å². The largest absolute Gasteiger partial charge is 0.507 e. The average molecular weight is 1790 g/mol. The van der Waals surface area contributed by atoms with E-state index in [9.17, 15) is 62.6 Å². The van der Waals surface area contributed by atoms with Crippen molar-refractivity contribution in [2.45, 2.75) is 32.1 Å². The minimum absolute atomic E-state index is 0.0225. The van der Waals surface area contributed by atoms with Gasteiger partial charge in [-0.2, -0.15) is 10.2 Å². The summed E-state index contributed by atoms with van der Waals surface area (Å²) in [6, 6.07) is 72.2. The standard InChI is InChI=1S/C21H16N4O4.C20H15ClN2O3.C20H16N2O4.C13H14N4O2.C11H10BrNO2.C9H7NO2/c26-19-13-6-1-2-7-14(13)20(27)24(19)10-5-11-29-17-12-18-22-23-21(28)25(18)16-9-4-3-8-15(16)17;21-18-12-17(15-8-3-4-9-16(15)22-18)26-11-5-10-23-19(24)13-6-1-2-7-14(13)20(23)25;23-18-12-17(15-8-3-4-9-16(15)21-18)26-11-5-10-22-19(24)13-6-1-2-7-14(13)20(22)25;14-6-3-7-19-11-8-12-15-16-13(18)17(12)10-5-2-1-4-9(10)11;12-6-3-7-13-10(14)8-4-1-2-5-9(8)11(13)15;11-8-5-9(12)10-7-4-2-1-3-6(7)8/h1-4,6-9,12H,5,10-11H2,(H,23,28);1-4,6-9,12H,5,10-11H2;1-4,6-9,12H,5,10-11H2,(H,21,23);1-2,4-5,8H,3,6-7,14H2,(H,16,18);1-2,4-5H,3,6-7H2;1-5H,(H2,10,11,12). The predicted molar refractivity (Wildman–Crippen MR) is 479 cm³/mol. The molecule has 640 valence electrons. The molecule has 0 aliphatic carbocycles. The van der Waals surface area contributed by atoms with Crippen LogP contribution in [0.25, 0.3) is 65.8 Å². The Bertz CT molecular complexity index is 7090. The SMILES string of the molecule is NCCCOc1cc2n[nH]c(=O)n2c2ccccc12.O=C1c2ccccc2C(=O)N1CCCBr.O=C1c2ccccc2C(=O)N1CCCOc1cc(=O)[nH]c2ccccc12.O=C1c2ccccc2C(=O)N1CCCOc1cc(Cl)nc2ccccc12.O=C1c2ccccc2C(=O)N1CCCOc1cc2n[nH]c(=O)n2c2ccccc12.O=c1cc(O)c2ccccc2[nH]1. The van der Waals surface area contributed by atoms with Crippen LogP contribution in [-0.2, 0) is 0 Å². The molecule has 0 saturated carbocycles. The molecule has 31 nitrogen and oxygen atoms in total. The Balaban J connectivity index is 0.000000120. The lowest BCUT2D eigenvalue weighted by atomic mass is 10.1. The van der Waals surface area contributed by atoms with Gasteiger partial charge >= 0.3 is 11.4 Å². The second-order valence-electron chi connectivity index (χ2n) is 28.9. The summed E-state index contributed by atoms with van der Waals surface area (Å²) < 4.78 is 26.2. The van der Waals surface area contributed by atoms with Crippen LogP contribution in [0.2, 0.25) is 5.15 Å². The Morgan fingerprint density at radius 1 is 0.346 bits per heavy atom. The third-order valence-electron chi connectivity index (χ3n) is 20.8. The van der Waals surface area contributed by atoms with Gasteiger partial charge < -0.3 is 39.8 Å². The summed E-state index contributed by atoms with van der Waals surface area (Å²) >= 11 is 9.32. The zero-order valence-electron chi connectivity index (χ0n) is 67.6. The molecular weight excluding hydrogens is 1710 g/mol. The van der Waals surface area contributed by atoms with Crippen molar-refractivity contribution in [3.63, 3.8) is 0 Å². The van der Waals surface area contributed by atoms with E-state index in [-0.39, 0.29) is 88.6 Å². The molecule has 11 heterocycles. The zero-order valence-corrected chi connectivity index (χ0v) is 70.0. The van der Waals surface area contributed by atoms with E-state index in [0.29, 0.717) is 165 Å². The lowest BCUT2D eigenvalue weighted by molar-refractivity contribution is 0.0631. The number of nitrogens with zero attached hydrogens (tertiary/aromatic N) is 9. The van der Waals surface area contributed by atoms with Crippen molar-refractivity contribution in [3.8, 4) is 28.7 Å². The molecule has 127 heavy (non-hydrogen) atoms. The molecule has 7 N–H and O–H groups in total. The maximum absolute atomic E-state index is 12.4. The Labute approximate surface area is 733 Å². The number of rotatable bonds is 22. The number of aromatic amines is 4. The highest BCUT2D eigenvalue weighted by Gasteiger charge is 2.38. The fourth-order valence-electron chi connectivity index (χ4n) is 14.8. The highest BCUT2D eigenvalue weighted by molar-refractivity contribution is 9.09. The summed E-state index contributed by atoms with van der Waals surface area (Å²) in [4.78, 5) is 159. The quantitative estimate of drug-likeness (QED) is 0.0159. The van der Waals surface area contributed by atoms with Gasteiger partial charge in [-0.25, -0.2) is 33.6 Å². The molecule has 0 atom stereocenters. The van der Waals surface area contributed by atoms with Gasteiger partial charge in [-0.15, -0.1) is 0 Å². The van der Waals surface area contributed by atoms with Gasteiger partial charge in [0.05, 0.1) is 98.5 Å². The monoisotopic (exact) mass is 1790 g/mol. The van der Waals surface area contributed by atoms with Crippen molar-refractivity contribution in [2.24, 2.45) is 5.73 Å². The number of H-pyrrole nitrogens is 4. The second-order valence-corrected chi connectivity index (χ2v) is 30.1. The minimum Gasteiger partial charge on any atom is -0.507 e. The highest BCUT2D eigenvalue weighted by Crippen LogP contribution is 2.33. The number of carbonyl (C=O) groups excluding carboxylic acids is 8. The number of aromatic hydroxyl groups is 1. The number of carbonyl (C=O) groups is 8. The van der Waals surface area contributed by atoms with E-state index in [0.717, 1.165) is 56.5 Å². The maximum Gasteiger partial charge on any atom is 0.348 e. The summed E-state index contributed by atoms with van der Waals surface area (Å²) in [5, 5.41) is 27.4. The normalized spacial score (nSPS) is 12.9. The van der Waals surface area contributed by atoms with Crippen LogP contribution in [0.5, 0.6) is 28.7 Å². The van der Waals surface area contributed by atoms with E-state index in [1.807, 2.05) is 97.1 Å². The average Bonchev–Trinajstić information content (AvgIpc) is 1.70. The van der Waals surface area contributed by atoms with Gasteiger partial charge in [0.1, 0.15) is 33.9 Å². The van der Waals surface area contributed by atoms with Crippen LogP contribution in [0.3, 0.4) is 0 Å². The lowest BCUT2D eigenvalue weighted by Crippen LogP contribution is -2.31. The number of fused-ring (bicyclic) bond motifs is 13.